The molecule has 0 aliphatic carbocycles. The third-order valence-corrected chi connectivity index (χ3v) is 3.14. The molecule has 19 heavy (non-hydrogen) atoms. The maximum Gasteiger partial charge on any atom is 0.105 e. The highest BCUT2D eigenvalue weighted by Crippen LogP contribution is 2.15. The average molecular weight is 254 g/mol. The quantitative estimate of drug-likeness (QED) is 0.889. The number of hydrogen-bond acceptors (Lipinski definition) is 3. The summed E-state index contributed by atoms with van der Waals surface area (Å²) in [7, 11) is 0. The molecular formula is C16H18N2O. The topological polar surface area (TPSA) is 49.0 Å². The average Bonchev–Trinajstić information content (AvgIpc) is 2.91. The largest absolute Gasteiger partial charge is 0.469 e. The van der Waals surface area contributed by atoms with E-state index in [-0.39, 0.29) is 6.04 Å². The Morgan fingerprint density at radius 3 is 2.79 bits per heavy atom. The molecule has 0 amide bonds. The van der Waals surface area contributed by atoms with E-state index in [2.05, 4.69) is 25.2 Å². The van der Waals surface area contributed by atoms with Gasteiger partial charge in [0.1, 0.15) is 5.76 Å². The summed E-state index contributed by atoms with van der Waals surface area (Å²) in [6.07, 6.45) is 2.55. The van der Waals surface area contributed by atoms with Crippen molar-refractivity contribution in [1.29, 1.82) is 5.26 Å². The fourth-order valence-corrected chi connectivity index (χ4v) is 2.19. The molecule has 3 heteroatoms. The Kier molecular flexibility index (Phi) is 4.38. The van der Waals surface area contributed by atoms with Crippen molar-refractivity contribution in [2.75, 3.05) is 0 Å². The van der Waals surface area contributed by atoms with E-state index >= 15 is 0 Å². The van der Waals surface area contributed by atoms with Gasteiger partial charge in [-0.2, -0.15) is 5.26 Å². The Balaban J connectivity index is 1.96. The number of hydrogen-bond donors (Lipinski definition) is 1. The summed E-state index contributed by atoms with van der Waals surface area (Å²) in [6, 6.07) is 14.3. The maximum absolute atomic E-state index is 8.91. The summed E-state index contributed by atoms with van der Waals surface area (Å²) in [5, 5.41) is 12.4. The fourth-order valence-electron chi connectivity index (χ4n) is 2.19. The van der Waals surface area contributed by atoms with Crippen LogP contribution in [0.1, 0.15) is 36.8 Å². The Bertz CT molecular complexity index is 554. The fraction of sp³-hybridized carbons (Fsp3) is 0.312. The molecule has 0 fully saturated rings. The lowest BCUT2D eigenvalue weighted by Gasteiger charge is -2.19. The molecule has 2 atom stereocenters. The first-order valence-corrected chi connectivity index (χ1v) is 6.47. The van der Waals surface area contributed by atoms with Gasteiger partial charge in [0.2, 0.25) is 0 Å². The minimum absolute atomic E-state index is 0.207. The highest BCUT2D eigenvalue weighted by Gasteiger charge is 2.11. The van der Waals surface area contributed by atoms with Gasteiger partial charge in [-0.05, 0) is 43.7 Å². The molecule has 2 rings (SSSR count). The van der Waals surface area contributed by atoms with E-state index in [1.807, 2.05) is 36.4 Å². The van der Waals surface area contributed by atoms with Crippen LogP contribution in [-0.2, 0) is 6.42 Å². The van der Waals surface area contributed by atoms with Crippen LogP contribution < -0.4 is 5.32 Å². The molecule has 0 saturated carbocycles. The molecule has 0 radical (unpaired) electrons. The Labute approximate surface area is 113 Å². The molecule has 3 nitrogen and oxygen atoms in total. The summed E-state index contributed by atoms with van der Waals surface area (Å²) in [4.78, 5) is 0. The minimum atomic E-state index is 0.207. The molecule has 1 heterocycles. The maximum atomic E-state index is 8.91. The summed E-state index contributed by atoms with van der Waals surface area (Å²) < 4.78 is 5.34. The number of furan rings is 1. The Hall–Kier alpha value is -2.05. The van der Waals surface area contributed by atoms with Gasteiger partial charge in [-0.15, -0.1) is 0 Å². The van der Waals surface area contributed by atoms with Gasteiger partial charge in [0, 0.05) is 18.5 Å². The highest BCUT2D eigenvalue weighted by atomic mass is 16.3. The molecule has 0 bridgehead atoms. The minimum Gasteiger partial charge on any atom is -0.469 e. The molecule has 1 N–H and O–H groups in total. The number of nitriles is 1. The van der Waals surface area contributed by atoms with Crippen molar-refractivity contribution in [1.82, 2.24) is 5.32 Å². The van der Waals surface area contributed by atoms with Crippen LogP contribution in [0.3, 0.4) is 0 Å². The predicted molar refractivity (Wildman–Crippen MR) is 74.6 cm³/mol. The first-order chi connectivity index (χ1) is 9.19. The SMILES string of the molecule is CC(Cc1ccco1)NC(C)c1cccc(C#N)c1. The molecule has 98 valence electrons. The van der Waals surface area contributed by atoms with Crippen LogP contribution in [0.2, 0.25) is 0 Å². The number of benzene rings is 1. The third kappa shape index (κ3) is 3.70. The van der Waals surface area contributed by atoms with Gasteiger partial charge >= 0.3 is 0 Å². The Morgan fingerprint density at radius 2 is 2.11 bits per heavy atom. The van der Waals surface area contributed by atoms with Gasteiger partial charge < -0.3 is 9.73 Å². The number of nitrogens with zero attached hydrogens (tertiary/aromatic N) is 1. The number of rotatable bonds is 5. The summed E-state index contributed by atoms with van der Waals surface area (Å²) >= 11 is 0. The molecule has 1 aromatic heterocycles. The first-order valence-electron chi connectivity index (χ1n) is 6.47. The standard InChI is InChI=1S/C16H18N2O/c1-12(9-16-7-4-8-19-16)18-13(2)15-6-3-5-14(10-15)11-17/h3-8,10,12-13,18H,9H2,1-2H3. The van der Waals surface area contributed by atoms with Gasteiger partial charge in [0.25, 0.3) is 0 Å². The van der Waals surface area contributed by atoms with Crippen LogP contribution in [0.15, 0.2) is 47.1 Å². The van der Waals surface area contributed by atoms with E-state index < -0.39 is 0 Å². The van der Waals surface area contributed by atoms with Crippen LogP contribution in [0, 0.1) is 11.3 Å². The van der Waals surface area contributed by atoms with Gasteiger partial charge in [-0.1, -0.05) is 12.1 Å². The van der Waals surface area contributed by atoms with Gasteiger partial charge in [-0.25, -0.2) is 0 Å². The molecule has 2 aromatic rings. The van der Waals surface area contributed by atoms with E-state index in [1.165, 1.54) is 0 Å². The van der Waals surface area contributed by atoms with Gasteiger partial charge in [0.15, 0.2) is 0 Å². The first kappa shape index (κ1) is 13.4. The number of nitrogens with one attached hydrogen (secondary N) is 1. The lowest BCUT2D eigenvalue weighted by atomic mass is 10.0. The van der Waals surface area contributed by atoms with Crippen LogP contribution in [0.4, 0.5) is 0 Å². The zero-order chi connectivity index (χ0) is 13.7. The van der Waals surface area contributed by atoms with Crippen LogP contribution in [0.25, 0.3) is 0 Å². The predicted octanol–water partition coefficient (Wildman–Crippen LogP) is 3.43. The molecule has 0 saturated heterocycles. The van der Waals surface area contributed by atoms with E-state index in [1.54, 1.807) is 6.26 Å². The van der Waals surface area contributed by atoms with Crippen LogP contribution in [0.5, 0.6) is 0 Å². The van der Waals surface area contributed by atoms with E-state index in [4.69, 9.17) is 9.68 Å². The van der Waals surface area contributed by atoms with Crippen molar-refractivity contribution in [2.45, 2.75) is 32.4 Å². The van der Waals surface area contributed by atoms with Gasteiger partial charge in [0.05, 0.1) is 17.9 Å². The molecule has 0 aliphatic heterocycles. The smallest absolute Gasteiger partial charge is 0.105 e. The van der Waals surface area contributed by atoms with Crippen molar-refractivity contribution in [3.05, 3.63) is 59.5 Å². The summed E-state index contributed by atoms with van der Waals surface area (Å²) in [6.45, 7) is 4.24. The Morgan fingerprint density at radius 1 is 1.26 bits per heavy atom. The van der Waals surface area contributed by atoms with E-state index in [0.717, 1.165) is 17.7 Å². The van der Waals surface area contributed by atoms with Gasteiger partial charge in [-0.3, -0.25) is 0 Å². The second-order valence-corrected chi connectivity index (χ2v) is 4.81. The zero-order valence-corrected chi connectivity index (χ0v) is 11.3. The van der Waals surface area contributed by atoms with Crippen LogP contribution >= 0.6 is 0 Å². The molecule has 0 spiro atoms. The second kappa shape index (κ2) is 6.21. The summed E-state index contributed by atoms with van der Waals surface area (Å²) in [5.74, 6) is 0.984. The monoisotopic (exact) mass is 254 g/mol. The molecule has 0 aliphatic rings. The highest BCUT2D eigenvalue weighted by molar-refractivity contribution is 5.34. The summed E-state index contributed by atoms with van der Waals surface area (Å²) in [5.41, 5.74) is 1.83. The second-order valence-electron chi connectivity index (χ2n) is 4.81. The molecular weight excluding hydrogens is 236 g/mol. The normalized spacial score (nSPS) is 13.7. The lowest BCUT2D eigenvalue weighted by molar-refractivity contribution is 0.429. The van der Waals surface area contributed by atoms with Crippen molar-refractivity contribution >= 4 is 0 Å². The lowest BCUT2D eigenvalue weighted by Crippen LogP contribution is -2.30. The van der Waals surface area contributed by atoms with Crippen molar-refractivity contribution in [3.8, 4) is 6.07 Å². The zero-order valence-electron chi connectivity index (χ0n) is 11.3. The van der Waals surface area contributed by atoms with Crippen molar-refractivity contribution in [3.63, 3.8) is 0 Å². The van der Waals surface area contributed by atoms with Crippen LogP contribution in [-0.4, -0.2) is 6.04 Å². The van der Waals surface area contributed by atoms with Crippen molar-refractivity contribution in [2.24, 2.45) is 0 Å². The third-order valence-electron chi connectivity index (χ3n) is 3.14. The molecule has 1 aromatic carbocycles. The molecule has 2 unspecified atom stereocenters. The van der Waals surface area contributed by atoms with E-state index in [0.29, 0.717) is 11.6 Å². The van der Waals surface area contributed by atoms with E-state index in [9.17, 15) is 0 Å². The van der Waals surface area contributed by atoms with Crippen molar-refractivity contribution < 1.29 is 4.42 Å².